The highest BCUT2D eigenvalue weighted by molar-refractivity contribution is 8.77. The summed E-state index contributed by atoms with van der Waals surface area (Å²) in [5, 5.41) is 25.2. The maximum atomic E-state index is 15.3. The van der Waals surface area contributed by atoms with Gasteiger partial charge in [0.15, 0.2) is 24.5 Å². The zero-order valence-electron chi connectivity index (χ0n) is 46.5. The minimum absolute atomic E-state index is 0.0596. The lowest BCUT2D eigenvalue weighted by molar-refractivity contribution is -0.305. The van der Waals surface area contributed by atoms with Gasteiger partial charge in [-0.3, -0.25) is 19.2 Å². The number of esters is 2. The number of ether oxygens (including phenoxy) is 7. The molecule has 0 aromatic carbocycles. The Labute approximate surface area is 454 Å². The number of cyclic esters (lactones) is 1. The number of aliphatic hydroxyl groups excluding tert-OH is 1. The third kappa shape index (κ3) is 17.7. The van der Waals surface area contributed by atoms with E-state index in [1.165, 1.54) is 25.7 Å². The lowest BCUT2D eigenvalue weighted by Crippen LogP contribution is -2.59. The van der Waals surface area contributed by atoms with Crippen molar-refractivity contribution in [3.8, 4) is 0 Å². The molecule has 2 unspecified atom stereocenters. The van der Waals surface area contributed by atoms with Gasteiger partial charge in [-0.05, 0) is 120 Å². The summed E-state index contributed by atoms with van der Waals surface area (Å²) in [6, 6.07) is -0.649. The highest BCUT2D eigenvalue weighted by Crippen LogP contribution is 2.42. The van der Waals surface area contributed by atoms with Gasteiger partial charge in [0.1, 0.15) is 29.7 Å². The third-order valence-corrected chi connectivity index (χ3v) is 22.5. The van der Waals surface area contributed by atoms with Crippen LogP contribution in [0.15, 0.2) is 0 Å². The van der Waals surface area contributed by atoms with E-state index in [1.54, 1.807) is 27.7 Å². The Bertz CT molecular complexity index is 1740. The molecule has 0 bridgehead atoms. The quantitative estimate of drug-likeness (QED) is 0.0670. The number of hydrogen-bond acceptors (Lipinski definition) is 19. The number of unbranched alkanes of at least 4 members (excludes halogenated alkanes) is 2. The standard InChI is InChI=1S/C54H94N2O13S4/c1-14-44-54(9,62)41(29-38(57)19-15-16-20-39-23-25-70-72-39)36(6)56(12)31-32(2)27-43(58)48(34(4)47(35(5)51(61)66-44)68-46-30-53(8,63-13)50(60)37(7)65-46)69-52-49(42(55(10)11)28-33(3)64-52)67-45(59)22-18-17-21-40-24-26-71-73-40/h32-37,39-42,44,46-50,52,60,62H,14-31H2,1-13H3/t32-,33-,34+,35-,36-,37+,39?,40?,41-,42+,44-,46+,47+,48-,49-,50+,52+,53-,54+/m1/s1. The van der Waals surface area contributed by atoms with Crippen LogP contribution in [0.4, 0.5) is 0 Å². The van der Waals surface area contributed by atoms with Gasteiger partial charge in [0.05, 0.1) is 35.9 Å². The summed E-state index contributed by atoms with van der Waals surface area (Å²) in [6.45, 7) is 16.9. The molecule has 5 saturated heterocycles. The second-order valence-electron chi connectivity index (χ2n) is 22.8. The van der Waals surface area contributed by atoms with Crippen molar-refractivity contribution in [1.29, 1.82) is 0 Å². The first-order valence-electron chi connectivity index (χ1n) is 27.4. The molecule has 5 aliphatic rings. The van der Waals surface area contributed by atoms with Crippen LogP contribution in [0.2, 0.25) is 0 Å². The number of ketones is 2. The predicted octanol–water partition coefficient (Wildman–Crippen LogP) is 8.91. The monoisotopic (exact) mass is 1110 g/mol. The summed E-state index contributed by atoms with van der Waals surface area (Å²) in [4.78, 5) is 61.9. The van der Waals surface area contributed by atoms with Crippen molar-refractivity contribution in [1.82, 2.24) is 9.80 Å². The number of likely N-dealkylation sites (N-methyl/N-ethyl adjacent to an activating group) is 1. The Hall–Kier alpha value is -0.680. The van der Waals surface area contributed by atoms with Gasteiger partial charge in [-0.15, -0.1) is 0 Å². The van der Waals surface area contributed by atoms with Gasteiger partial charge >= 0.3 is 11.9 Å². The van der Waals surface area contributed by atoms with Crippen LogP contribution in [0, 0.1) is 23.7 Å². The summed E-state index contributed by atoms with van der Waals surface area (Å²) in [5.41, 5.74) is -2.69. The highest BCUT2D eigenvalue weighted by atomic mass is 33.1. The Kier molecular flexibility index (Phi) is 25.5. The van der Waals surface area contributed by atoms with Gasteiger partial charge < -0.3 is 53.2 Å². The van der Waals surface area contributed by atoms with E-state index in [1.807, 2.05) is 104 Å². The third-order valence-electron chi connectivity index (χ3n) is 16.5. The first-order chi connectivity index (χ1) is 34.5. The fourth-order valence-corrected chi connectivity index (χ4v) is 17.7. The molecule has 5 aliphatic heterocycles. The molecule has 0 saturated carbocycles. The number of carbonyl (C=O) groups is 4. The summed E-state index contributed by atoms with van der Waals surface area (Å²) in [5.74, 6) is -1.65. The maximum absolute atomic E-state index is 15.3. The zero-order chi connectivity index (χ0) is 53.8. The predicted molar refractivity (Wildman–Crippen MR) is 293 cm³/mol. The largest absolute Gasteiger partial charge is 0.459 e. The highest BCUT2D eigenvalue weighted by Gasteiger charge is 2.52. The number of methoxy groups -OCH3 is 1. The molecule has 5 heterocycles. The molecule has 0 aliphatic carbocycles. The number of nitrogens with zero attached hydrogens (tertiary/aromatic N) is 2. The van der Waals surface area contributed by atoms with Crippen molar-refractivity contribution in [3.05, 3.63) is 0 Å². The van der Waals surface area contributed by atoms with E-state index in [0.717, 1.165) is 37.9 Å². The molecule has 0 amide bonds. The Morgan fingerprint density at radius 1 is 0.890 bits per heavy atom. The van der Waals surface area contributed by atoms with Gasteiger partial charge in [-0.25, -0.2) is 0 Å². The van der Waals surface area contributed by atoms with Crippen molar-refractivity contribution in [2.24, 2.45) is 23.7 Å². The molecule has 0 aromatic heterocycles. The topological polar surface area (TPSA) is 180 Å². The summed E-state index contributed by atoms with van der Waals surface area (Å²) in [6.07, 6.45) is 1.26. The molecular weight excluding hydrogens is 1010 g/mol. The van der Waals surface area contributed by atoms with E-state index >= 15 is 4.79 Å². The molecular formula is C54H94N2O13S4. The van der Waals surface area contributed by atoms with Crippen LogP contribution in [0.25, 0.3) is 0 Å². The van der Waals surface area contributed by atoms with Gasteiger partial charge in [0.2, 0.25) is 0 Å². The van der Waals surface area contributed by atoms with Crippen molar-refractivity contribution in [2.75, 3.05) is 46.3 Å². The fourth-order valence-electron chi connectivity index (χ4n) is 11.7. The minimum atomic E-state index is -1.63. The lowest BCUT2D eigenvalue weighted by Gasteiger charge is -2.47. The SMILES string of the molecule is CC[C@H]1OC(=O)[C@H](C)[C@@H](O[C@H]2C[C@@](C)(OC)[C@@H](O)[C@H](C)O2)[C@H](C)[C@@H](O[C@@H]2O[C@H](C)C[C@H](N(C)C)[C@H]2OC(=O)CCCCC2CCSS2)C(=O)C[C@@H](C)CN(C)[C@H](C)[C@@H](CC(=O)CCCCC2CCSS2)[C@]1(C)O. The zero-order valence-corrected chi connectivity index (χ0v) is 49.7. The number of aliphatic hydroxyl groups is 2. The summed E-state index contributed by atoms with van der Waals surface area (Å²) >= 11 is 0. The molecule has 0 aromatic rings. The Balaban J connectivity index is 1.49. The molecule has 19 atom stereocenters. The van der Waals surface area contributed by atoms with Crippen molar-refractivity contribution >= 4 is 66.7 Å². The van der Waals surface area contributed by atoms with Gasteiger partial charge in [-0.2, -0.15) is 0 Å². The Morgan fingerprint density at radius 3 is 2.10 bits per heavy atom. The second-order valence-corrected chi connectivity index (χ2v) is 28.4. The van der Waals surface area contributed by atoms with Gasteiger partial charge in [0, 0.05) is 85.6 Å². The molecule has 5 rings (SSSR count). The van der Waals surface area contributed by atoms with Crippen molar-refractivity contribution < 1.29 is 62.5 Å². The Morgan fingerprint density at radius 2 is 1.52 bits per heavy atom. The van der Waals surface area contributed by atoms with Crippen LogP contribution in [0.5, 0.6) is 0 Å². The van der Waals surface area contributed by atoms with E-state index in [-0.39, 0.29) is 73.7 Å². The average Bonchev–Trinajstić information content (AvgIpc) is 4.07. The van der Waals surface area contributed by atoms with Gasteiger partial charge in [0.25, 0.3) is 0 Å². The number of hydrogen-bond donors (Lipinski definition) is 2. The molecule has 0 radical (unpaired) electrons. The van der Waals surface area contributed by atoms with Crippen molar-refractivity contribution in [3.63, 3.8) is 0 Å². The summed E-state index contributed by atoms with van der Waals surface area (Å²) in [7, 11) is 15.0. The fraction of sp³-hybridized carbons (Fsp3) is 0.926. The average molecular weight is 1110 g/mol. The van der Waals surface area contributed by atoms with Gasteiger partial charge in [-0.1, -0.05) is 76.8 Å². The first-order valence-corrected chi connectivity index (χ1v) is 32.2. The lowest BCUT2D eigenvalue weighted by atomic mass is 9.75. The van der Waals surface area contributed by atoms with E-state index in [9.17, 15) is 24.6 Å². The van der Waals surface area contributed by atoms with E-state index in [4.69, 9.17) is 33.2 Å². The molecule has 5 fully saturated rings. The first kappa shape index (κ1) is 63.2. The molecule has 422 valence electrons. The van der Waals surface area contributed by atoms with Crippen LogP contribution in [-0.4, -0.2) is 179 Å². The summed E-state index contributed by atoms with van der Waals surface area (Å²) < 4.78 is 45.3. The molecule has 15 nitrogen and oxygen atoms in total. The van der Waals surface area contributed by atoms with Crippen LogP contribution >= 0.6 is 43.2 Å². The van der Waals surface area contributed by atoms with Crippen LogP contribution in [-0.2, 0) is 52.3 Å². The molecule has 0 spiro atoms. The van der Waals surface area contributed by atoms with Crippen LogP contribution in [0.1, 0.15) is 159 Å². The van der Waals surface area contributed by atoms with E-state index in [2.05, 4.69) is 4.90 Å². The molecule has 73 heavy (non-hydrogen) atoms. The van der Waals surface area contributed by atoms with E-state index in [0.29, 0.717) is 36.3 Å². The minimum Gasteiger partial charge on any atom is -0.459 e. The molecule has 2 N–H and O–H groups in total. The molecule has 19 heteroatoms. The van der Waals surface area contributed by atoms with E-state index < -0.39 is 84.1 Å². The number of Topliss-reactive ketones (excluding diaryl/α,β-unsaturated/α-hetero) is 2. The number of carbonyl (C=O) groups excluding carboxylic acids is 4. The number of rotatable bonds is 20. The maximum Gasteiger partial charge on any atom is 0.311 e. The normalized spacial score (nSPS) is 40.8. The smallest absolute Gasteiger partial charge is 0.311 e. The van der Waals surface area contributed by atoms with Crippen molar-refractivity contribution in [2.45, 2.75) is 248 Å². The second kappa shape index (κ2) is 29.5. The van der Waals surface area contributed by atoms with Crippen LogP contribution in [0.3, 0.4) is 0 Å². The van der Waals surface area contributed by atoms with Crippen LogP contribution < -0.4 is 0 Å².